The van der Waals surface area contributed by atoms with Gasteiger partial charge in [0.2, 0.25) is 5.91 Å². The summed E-state index contributed by atoms with van der Waals surface area (Å²) in [5.41, 5.74) is 5.88. The maximum Gasteiger partial charge on any atom is 0.214 e. The Bertz CT molecular complexity index is 430. The molecule has 0 aliphatic heterocycles. The van der Waals surface area contributed by atoms with Gasteiger partial charge in [0.25, 0.3) is 0 Å². The molecule has 1 aromatic carbocycles. The van der Waals surface area contributed by atoms with Crippen molar-refractivity contribution in [2.24, 2.45) is 11.7 Å². The molecule has 0 radical (unpaired) electrons. The van der Waals surface area contributed by atoms with Crippen LogP contribution in [0.2, 0.25) is 0 Å². The number of hydrogen-bond acceptors (Lipinski definition) is 1. The summed E-state index contributed by atoms with van der Waals surface area (Å²) in [5.74, 6) is 0.321. The number of hydrogen-bond donors (Lipinski definition) is 1. The highest BCUT2D eigenvalue weighted by atomic mass is 16.1. The first kappa shape index (κ1) is 22.4. The van der Waals surface area contributed by atoms with Gasteiger partial charge in [-0.05, 0) is 30.9 Å². The van der Waals surface area contributed by atoms with Crippen LogP contribution < -0.4 is 5.73 Å². The number of primary amides is 1. The first-order valence-electron chi connectivity index (χ1n) is 7.85. The molecule has 1 amide bonds. The van der Waals surface area contributed by atoms with E-state index in [0.717, 1.165) is 13.0 Å². The van der Waals surface area contributed by atoms with Gasteiger partial charge in [0.1, 0.15) is 13.6 Å². The summed E-state index contributed by atoms with van der Waals surface area (Å²) in [5, 5.41) is 0. The number of aryl methyl sites for hydroxylation is 1. The molecular weight excluding hydrogens is 272 g/mol. The summed E-state index contributed by atoms with van der Waals surface area (Å²) in [6, 6.07) is 10.5. The van der Waals surface area contributed by atoms with Crippen molar-refractivity contribution in [1.29, 1.82) is 0 Å². The highest BCUT2D eigenvalue weighted by Gasteiger charge is 1.85. The van der Waals surface area contributed by atoms with E-state index < -0.39 is 0 Å². The highest BCUT2D eigenvalue weighted by molar-refractivity contribution is 5.70. The van der Waals surface area contributed by atoms with Crippen molar-refractivity contribution < 1.29 is 9.37 Å². The Morgan fingerprint density at radius 1 is 1.23 bits per heavy atom. The van der Waals surface area contributed by atoms with E-state index in [1.165, 1.54) is 12.5 Å². The minimum atomic E-state index is -0.333. The number of rotatable bonds is 4. The average Bonchev–Trinajstić information content (AvgIpc) is 2.47. The molecule has 0 fully saturated rings. The molecule has 0 aliphatic carbocycles. The Kier molecular flexibility index (Phi) is 15.8. The summed E-state index contributed by atoms with van der Waals surface area (Å²) in [7, 11) is 2.07. The van der Waals surface area contributed by atoms with Crippen LogP contribution in [-0.4, -0.2) is 30.3 Å². The molecule has 0 unspecified atom stereocenters. The van der Waals surface area contributed by atoms with Gasteiger partial charge in [-0.1, -0.05) is 57.2 Å². The van der Waals surface area contributed by atoms with Crippen molar-refractivity contribution in [3.05, 3.63) is 48.0 Å². The molecule has 3 heteroatoms. The van der Waals surface area contributed by atoms with Crippen LogP contribution in [0.1, 0.15) is 40.2 Å². The highest BCUT2D eigenvalue weighted by Crippen LogP contribution is 1.96. The lowest BCUT2D eigenvalue weighted by Gasteiger charge is -1.89. The van der Waals surface area contributed by atoms with E-state index in [-0.39, 0.29) is 5.91 Å². The van der Waals surface area contributed by atoms with Gasteiger partial charge in [0.05, 0.1) is 0 Å². The molecule has 0 aliphatic rings. The summed E-state index contributed by atoms with van der Waals surface area (Å²) in [6.45, 7) is 11.0. The normalized spacial score (nSPS) is 10.6. The van der Waals surface area contributed by atoms with Crippen molar-refractivity contribution in [2.45, 2.75) is 41.0 Å². The Morgan fingerprint density at radius 2 is 1.73 bits per heavy atom. The van der Waals surface area contributed by atoms with Crippen LogP contribution in [0.4, 0.5) is 0 Å². The predicted molar refractivity (Wildman–Crippen MR) is 97.5 cm³/mol. The van der Waals surface area contributed by atoms with E-state index in [1.807, 2.05) is 6.07 Å². The van der Waals surface area contributed by atoms with Gasteiger partial charge in [0.15, 0.2) is 6.21 Å². The number of nitrogens with zero attached hydrogens (tertiary/aromatic N) is 1. The third-order valence-corrected chi connectivity index (χ3v) is 2.59. The predicted octanol–water partition coefficient (Wildman–Crippen LogP) is 3.67. The van der Waals surface area contributed by atoms with Gasteiger partial charge < -0.3 is 5.73 Å². The Hall–Kier alpha value is -1.90. The Balaban J connectivity index is 0. The van der Waals surface area contributed by atoms with Crippen molar-refractivity contribution in [3.8, 4) is 0 Å². The monoisotopic (exact) mass is 305 g/mol. The molecule has 2 N–H and O–H groups in total. The molecular formula is C19H33N2O+. The molecule has 0 heterocycles. The lowest BCUT2D eigenvalue weighted by molar-refractivity contribution is -0.487. The van der Waals surface area contributed by atoms with Crippen LogP contribution in [0.25, 0.3) is 0 Å². The molecule has 22 heavy (non-hydrogen) atoms. The second kappa shape index (κ2) is 15.5. The average molecular weight is 305 g/mol. The second-order valence-electron chi connectivity index (χ2n) is 5.30. The quantitative estimate of drug-likeness (QED) is 0.669. The van der Waals surface area contributed by atoms with Crippen LogP contribution in [0, 0.1) is 5.92 Å². The van der Waals surface area contributed by atoms with Crippen LogP contribution in [0.3, 0.4) is 0 Å². The number of nitrogens with two attached hydrogens (primary N) is 1. The van der Waals surface area contributed by atoms with Crippen LogP contribution >= 0.6 is 0 Å². The van der Waals surface area contributed by atoms with Gasteiger partial charge in [0, 0.05) is 6.92 Å². The van der Waals surface area contributed by atoms with E-state index in [4.69, 9.17) is 0 Å². The fraction of sp³-hybridized carbons (Fsp3) is 0.474. The molecule has 0 atom stereocenters. The van der Waals surface area contributed by atoms with Crippen LogP contribution in [0.15, 0.2) is 42.5 Å². The zero-order valence-electron chi connectivity index (χ0n) is 15.0. The third kappa shape index (κ3) is 20.4. The standard InChI is InChI=1S/C9H18N.C8H10.C2H5NO/c1-5-10(4)8-6-7-9(2)3;1-2-8-6-4-3-5-7-8;1-2(3)4/h6-9H,5H2,1-4H3;3-7H,2H2,1H3;1H3,(H2,3,4)/q+1;;/b7-6-,10-8?;;. The summed E-state index contributed by atoms with van der Waals surface area (Å²) in [6.07, 6.45) is 7.53. The maximum absolute atomic E-state index is 9.22. The largest absolute Gasteiger partial charge is 0.370 e. The molecule has 0 aromatic heterocycles. The van der Waals surface area contributed by atoms with E-state index in [2.05, 4.69) is 87.7 Å². The van der Waals surface area contributed by atoms with Crippen LogP contribution in [0.5, 0.6) is 0 Å². The van der Waals surface area contributed by atoms with Gasteiger partial charge in [-0.2, -0.15) is 0 Å². The number of amides is 1. The minimum Gasteiger partial charge on any atom is -0.370 e. The molecule has 124 valence electrons. The van der Waals surface area contributed by atoms with Gasteiger partial charge >= 0.3 is 0 Å². The molecule has 0 saturated heterocycles. The fourth-order valence-corrected chi connectivity index (χ4v) is 1.24. The second-order valence-corrected chi connectivity index (χ2v) is 5.30. The lowest BCUT2D eigenvalue weighted by Crippen LogP contribution is -2.03. The van der Waals surface area contributed by atoms with Crippen molar-refractivity contribution in [1.82, 2.24) is 0 Å². The van der Waals surface area contributed by atoms with Crippen molar-refractivity contribution in [3.63, 3.8) is 0 Å². The first-order chi connectivity index (χ1) is 10.3. The van der Waals surface area contributed by atoms with Crippen molar-refractivity contribution in [2.75, 3.05) is 13.6 Å². The molecule has 0 spiro atoms. The summed E-state index contributed by atoms with van der Waals surface area (Å²) >= 11 is 0. The third-order valence-electron chi connectivity index (χ3n) is 2.59. The molecule has 3 nitrogen and oxygen atoms in total. The SMILES string of the molecule is CC(N)=O.CC[N+](C)=C/C=C\C(C)C.CCc1ccccc1. The molecule has 1 rings (SSSR count). The van der Waals surface area contributed by atoms with Gasteiger partial charge in [-0.25, -0.2) is 4.58 Å². The van der Waals surface area contributed by atoms with E-state index in [0.29, 0.717) is 5.92 Å². The topological polar surface area (TPSA) is 46.1 Å². The van der Waals surface area contributed by atoms with E-state index >= 15 is 0 Å². The number of allylic oxidation sites excluding steroid dienone is 2. The minimum absolute atomic E-state index is 0.333. The molecule has 0 bridgehead atoms. The maximum atomic E-state index is 9.22. The zero-order valence-corrected chi connectivity index (χ0v) is 15.0. The fourth-order valence-electron chi connectivity index (χ4n) is 1.24. The Morgan fingerprint density at radius 3 is 2.05 bits per heavy atom. The van der Waals surface area contributed by atoms with E-state index in [9.17, 15) is 4.79 Å². The number of carbonyl (C=O) groups is 1. The Labute approximate surface area is 136 Å². The van der Waals surface area contributed by atoms with E-state index in [1.54, 1.807) is 0 Å². The van der Waals surface area contributed by atoms with Gasteiger partial charge in [-0.3, -0.25) is 4.79 Å². The van der Waals surface area contributed by atoms with Gasteiger partial charge in [-0.15, -0.1) is 0 Å². The summed E-state index contributed by atoms with van der Waals surface area (Å²) in [4.78, 5) is 9.22. The number of carbonyl (C=O) groups excluding carboxylic acids is 1. The van der Waals surface area contributed by atoms with Crippen LogP contribution in [-0.2, 0) is 11.2 Å². The zero-order chi connectivity index (χ0) is 17.4. The first-order valence-corrected chi connectivity index (χ1v) is 7.85. The molecule has 0 saturated carbocycles. The van der Waals surface area contributed by atoms with Crippen molar-refractivity contribution >= 4 is 12.1 Å². The molecule has 1 aromatic rings. The summed E-state index contributed by atoms with van der Waals surface area (Å²) < 4.78 is 2.15. The smallest absolute Gasteiger partial charge is 0.214 e. The lowest BCUT2D eigenvalue weighted by atomic mass is 10.2. The number of benzene rings is 1.